The van der Waals surface area contributed by atoms with Crippen LogP contribution >= 0.6 is 11.8 Å². The summed E-state index contributed by atoms with van der Waals surface area (Å²) in [5.41, 5.74) is 0.948. The third kappa shape index (κ3) is 5.22. The fourth-order valence-corrected chi connectivity index (χ4v) is 9.05. The lowest BCUT2D eigenvalue weighted by Gasteiger charge is -2.61. The van der Waals surface area contributed by atoms with E-state index >= 15 is 0 Å². The van der Waals surface area contributed by atoms with Gasteiger partial charge in [0.15, 0.2) is 0 Å². The van der Waals surface area contributed by atoms with E-state index in [0.29, 0.717) is 22.5 Å². The van der Waals surface area contributed by atoms with E-state index in [-0.39, 0.29) is 5.75 Å². The molecule has 8 atom stereocenters. The van der Waals surface area contributed by atoms with Crippen LogP contribution in [0, 0.1) is 46.3 Å². The number of fused-ring (bicyclic) bond motifs is 5. The Hall–Kier alpha value is -1.04. The Morgan fingerprint density at radius 3 is 2.12 bits per heavy atom. The molecule has 0 aromatic heterocycles. The van der Waals surface area contributed by atoms with Crippen molar-refractivity contribution in [3.05, 3.63) is 0 Å². The molecule has 0 bridgehead atoms. The second kappa shape index (κ2) is 10.1. The number of hydrogen-bond acceptors (Lipinski definition) is 4. The van der Waals surface area contributed by atoms with Crippen molar-refractivity contribution < 1.29 is 24.6 Å². The minimum atomic E-state index is -1.02. The molecule has 2 N–H and O–H groups in total. The lowest BCUT2D eigenvalue weighted by molar-refractivity contribution is -0.139. The maximum Gasteiger partial charge on any atom is 0.319 e. The van der Waals surface area contributed by atoms with Gasteiger partial charge in [-0.15, -0.1) is 11.8 Å². The molecule has 0 aliphatic heterocycles. The molecule has 0 aromatic rings. The van der Waals surface area contributed by atoms with Crippen molar-refractivity contribution in [1.29, 1.82) is 0 Å². The molecule has 4 saturated carbocycles. The van der Waals surface area contributed by atoms with Crippen molar-refractivity contribution in [1.82, 2.24) is 0 Å². The zero-order valence-electron chi connectivity index (χ0n) is 22.1. The van der Waals surface area contributed by atoms with E-state index in [4.69, 9.17) is 10.2 Å². The van der Waals surface area contributed by atoms with E-state index in [1.807, 2.05) is 6.92 Å². The van der Waals surface area contributed by atoms with Crippen LogP contribution in [0.15, 0.2) is 0 Å². The Kier molecular flexibility index (Phi) is 8.22. The minimum Gasteiger partial charge on any atom is -0.481 e. The number of carbonyl (C=O) groups excluding carboxylic acids is 1. The lowest BCUT2D eigenvalue weighted by atomic mass is 9.44. The summed E-state index contributed by atoms with van der Waals surface area (Å²) in [6, 6.07) is 0. The Bertz CT molecular complexity index is 794. The first-order chi connectivity index (χ1) is 15.7. The fraction of sp³-hybridized carbons (Fsp3) is 0.893. The highest BCUT2D eigenvalue weighted by Gasteiger charge is 2.60. The molecule has 0 heterocycles. The van der Waals surface area contributed by atoms with Crippen LogP contribution in [0.1, 0.15) is 99.3 Å². The Morgan fingerprint density at radius 1 is 0.912 bits per heavy atom. The molecule has 4 aliphatic carbocycles. The molecule has 0 spiro atoms. The molecule has 5 nitrogen and oxygen atoms in total. The van der Waals surface area contributed by atoms with Crippen LogP contribution < -0.4 is 0 Å². The number of hydrogen-bond donors (Lipinski definition) is 2. The average Bonchev–Trinajstić information content (AvgIpc) is 3.11. The molecule has 6 heteroatoms. The zero-order valence-corrected chi connectivity index (χ0v) is 22.9. The van der Waals surface area contributed by atoms with Gasteiger partial charge < -0.3 is 10.2 Å². The summed E-state index contributed by atoms with van der Waals surface area (Å²) in [5.74, 6) is 3.32. The topological polar surface area (TPSA) is 91.7 Å². The van der Waals surface area contributed by atoms with Gasteiger partial charge in [-0.3, -0.25) is 14.4 Å². The second-order valence-corrected chi connectivity index (χ2v) is 14.4. The predicted molar refractivity (Wildman–Crippen MR) is 137 cm³/mol. The van der Waals surface area contributed by atoms with Crippen molar-refractivity contribution in [2.45, 2.75) is 104 Å². The Balaban J connectivity index is 0.000000252. The van der Waals surface area contributed by atoms with E-state index in [1.165, 1.54) is 71.6 Å². The number of carbonyl (C=O) groups is 3. The second-order valence-electron chi connectivity index (χ2n) is 12.8. The summed E-state index contributed by atoms with van der Waals surface area (Å²) in [4.78, 5) is 32.7. The van der Waals surface area contributed by atoms with Crippen LogP contribution in [0.25, 0.3) is 0 Å². The van der Waals surface area contributed by atoms with Crippen LogP contribution in [0.2, 0.25) is 0 Å². The fourth-order valence-electron chi connectivity index (χ4n) is 8.44. The van der Waals surface area contributed by atoms with E-state index < -0.39 is 16.7 Å². The van der Waals surface area contributed by atoms with E-state index in [2.05, 4.69) is 20.8 Å². The summed E-state index contributed by atoms with van der Waals surface area (Å²) in [6.07, 6.45) is 12.6. The quantitative estimate of drug-likeness (QED) is 0.451. The number of carboxylic acid groups (broad SMARTS) is 2. The van der Waals surface area contributed by atoms with Crippen molar-refractivity contribution >= 4 is 29.5 Å². The average molecular weight is 495 g/mol. The van der Waals surface area contributed by atoms with Crippen LogP contribution in [0.5, 0.6) is 0 Å². The normalized spacial score (nSPS) is 41.2. The van der Waals surface area contributed by atoms with Crippen LogP contribution in [0.3, 0.4) is 0 Å². The molecular formula is C28H46O5S. The molecule has 4 fully saturated rings. The summed E-state index contributed by atoms with van der Waals surface area (Å²) >= 11 is 0.896. The van der Waals surface area contributed by atoms with Gasteiger partial charge in [-0.25, -0.2) is 0 Å². The molecule has 0 amide bonds. The third-order valence-corrected chi connectivity index (χ3v) is 11.8. The van der Waals surface area contributed by atoms with Gasteiger partial charge in [0.25, 0.3) is 0 Å². The van der Waals surface area contributed by atoms with Crippen molar-refractivity contribution in [3.63, 3.8) is 0 Å². The third-order valence-electron chi connectivity index (χ3n) is 10.5. The van der Waals surface area contributed by atoms with Crippen molar-refractivity contribution in [2.75, 3.05) is 5.75 Å². The molecular weight excluding hydrogens is 448 g/mol. The number of aliphatic carboxylic acids is 2. The summed E-state index contributed by atoms with van der Waals surface area (Å²) < 4.78 is -1.02. The summed E-state index contributed by atoms with van der Waals surface area (Å²) in [6.45, 7) is 12.4. The minimum absolute atomic E-state index is 0.181. The van der Waals surface area contributed by atoms with E-state index in [1.54, 1.807) is 0 Å². The van der Waals surface area contributed by atoms with Gasteiger partial charge in [-0.1, -0.05) is 27.2 Å². The van der Waals surface area contributed by atoms with Crippen LogP contribution in [-0.4, -0.2) is 38.4 Å². The Labute approximate surface area is 210 Å². The summed E-state index contributed by atoms with van der Waals surface area (Å²) in [7, 11) is 0. The van der Waals surface area contributed by atoms with Gasteiger partial charge in [-0.2, -0.15) is 0 Å². The predicted octanol–water partition coefficient (Wildman–Crippen LogP) is 6.54. The Morgan fingerprint density at radius 2 is 1.53 bits per heavy atom. The van der Waals surface area contributed by atoms with E-state index in [0.717, 1.165) is 41.4 Å². The van der Waals surface area contributed by atoms with Crippen LogP contribution in [0.4, 0.5) is 0 Å². The van der Waals surface area contributed by atoms with Gasteiger partial charge in [0.1, 0.15) is 10.5 Å². The first-order valence-electron chi connectivity index (χ1n) is 13.3. The highest BCUT2D eigenvalue weighted by Crippen LogP contribution is 2.67. The number of rotatable bonds is 5. The van der Waals surface area contributed by atoms with Gasteiger partial charge in [0.2, 0.25) is 0 Å². The largest absolute Gasteiger partial charge is 0.481 e. The van der Waals surface area contributed by atoms with E-state index in [9.17, 15) is 14.4 Å². The lowest BCUT2D eigenvalue weighted by Crippen LogP contribution is -2.53. The number of thioether (sulfide) groups is 1. The smallest absolute Gasteiger partial charge is 0.319 e. The molecule has 34 heavy (non-hydrogen) atoms. The molecule has 4 rings (SSSR count). The maximum atomic E-state index is 12.2. The zero-order chi connectivity index (χ0) is 25.5. The SMILES string of the molecule is CC(=O)C1CCC2C3CCC4CC(C)CCC4(C)C3CCC12C.CC(C)(SCC(=O)O)C(=O)O. The number of carboxylic acids is 2. The monoisotopic (exact) mass is 494 g/mol. The highest BCUT2D eigenvalue weighted by molar-refractivity contribution is 8.01. The number of Topliss-reactive ketones (excluding diaryl/α,β-unsaturated/α-hetero) is 1. The molecule has 0 aromatic carbocycles. The number of ketones is 1. The molecule has 194 valence electrons. The first kappa shape index (κ1) is 27.5. The summed E-state index contributed by atoms with van der Waals surface area (Å²) in [5, 5.41) is 16.8. The molecule has 8 unspecified atom stereocenters. The van der Waals surface area contributed by atoms with Crippen molar-refractivity contribution in [2.24, 2.45) is 46.3 Å². The van der Waals surface area contributed by atoms with Gasteiger partial charge in [-0.05, 0) is 113 Å². The molecule has 4 aliphatic rings. The molecule has 0 saturated heterocycles. The van der Waals surface area contributed by atoms with Gasteiger partial charge in [0.05, 0.1) is 5.75 Å². The molecule has 0 radical (unpaired) electrons. The maximum absolute atomic E-state index is 12.2. The van der Waals surface area contributed by atoms with Gasteiger partial charge in [0, 0.05) is 5.92 Å². The van der Waals surface area contributed by atoms with Crippen LogP contribution in [-0.2, 0) is 14.4 Å². The first-order valence-corrected chi connectivity index (χ1v) is 14.3. The van der Waals surface area contributed by atoms with Crippen molar-refractivity contribution in [3.8, 4) is 0 Å². The standard InChI is InChI=1S/C22H36O.C6H10O4S/c1-14-9-11-21(3)16(13-14)5-6-17-19-8-7-18(15(2)23)22(19,4)12-10-20(17)21;1-6(2,5(9)10)11-3-4(7)8/h14,16-20H,5-13H2,1-4H3;3H2,1-2H3,(H,7,8)(H,9,10). The van der Waals surface area contributed by atoms with Gasteiger partial charge >= 0.3 is 11.9 Å². The highest BCUT2D eigenvalue weighted by atomic mass is 32.2.